The first-order valence-electron chi connectivity index (χ1n) is 3.27. The van der Waals surface area contributed by atoms with Gasteiger partial charge < -0.3 is 4.18 Å². The maximum absolute atomic E-state index is 4.75. The fourth-order valence-electron chi connectivity index (χ4n) is 0.822. The smallest absolute Gasteiger partial charge is 0.137 e. The van der Waals surface area contributed by atoms with E-state index in [1.165, 1.54) is 5.56 Å². The summed E-state index contributed by atoms with van der Waals surface area (Å²) in [5.41, 5.74) is 1.27. The second-order valence-corrected chi connectivity index (χ2v) is 2.27. The topological polar surface area (TPSA) is 9.23 Å². The Kier molecular flexibility index (Phi) is 2.63. The molecule has 0 aliphatic rings. The van der Waals surface area contributed by atoms with Crippen LogP contribution in [0.1, 0.15) is 12.5 Å². The minimum Gasteiger partial charge on any atom is -0.429 e. The van der Waals surface area contributed by atoms with Gasteiger partial charge in [0.05, 0.1) is 0 Å². The van der Waals surface area contributed by atoms with Gasteiger partial charge in [-0.25, -0.2) is 0 Å². The Bertz CT molecular complexity index is 191. The lowest BCUT2D eigenvalue weighted by atomic mass is 10.2. The molecule has 1 aromatic rings. The van der Waals surface area contributed by atoms with Crippen LogP contribution >= 0.6 is 12.9 Å². The molecule has 0 N–H and O–H groups in total. The van der Waals surface area contributed by atoms with Gasteiger partial charge in [0.15, 0.2) is 0 Å². The molecule has 0 heterocycles. The molecule has 1 nitrogen and oxygen atoms in total. The van der Waals surface area contributed by atoms with Crippen molar-refractivity contribution in [2.45, 2.75) is 13.3 Å². The van der Waals surface area contributed by atoms with E-state index < -0.39 is 0 Å². The lowest BCUT2D eigenvalue weighted by Gasteiger charge is -1.98. The first-order chi connectivity index (χ1) is 4.86. The fraction of sp³-hybridized carbons (Fsp3) is 0.250. The van der Waals surface area contributed by atoms with Crippen molar-refractivity contribution < 1.29 is 4.18 Å². The van der Waals surface area contributed by atoms with Crippen LogP contribution in [0.4, 0.5) is 0 Å². The molecule has 0 bridgehead atoms. The van der Waals surface area contributed by atoms with Crippen molar-refractivity contribution in [3.05, 3.63) is 29.8 Å². The molecule has 0 unspecified atom stereocenters. The predicted molar refractivity (Wildman–Crippen MR) is 45.4 cm³/mol. The van der Waals surface area contributed by atoms with Crippen molar-refractivity contribution in [1.29, 1.82) is 0 Å². The van der Waals surface area contributed by atoms with Gasteiger partial charge in [0.25, 0.3) is 0 Å². The maximum atomic E-state index is 4.75. The Labute approximate surface area is 66.6 Å². The van der Waals surface area contributed by atoms with Gasteiger partial charge in [-0.1, -0.05) is 19.1 Å². The van der Waals surface area contributed by atoms with Gasteiger partial charge in [0.1, 0.15) is 5.75 Å². The van der Waals surface area contributed by atoms with Gasteiger partial charge in [-0.3, -0.25) is 0 Å². The number of hydrogen-bond acceptors (Lipinski definition) is 2. The molecule has 1 rings (SSSR count). The summed E-state index contributed by atoms with van der Waals surface area (Å²) in [4.78, 5) is 0. The second-order valence-electron chi connectivity index (χ2n) is 2.09. The van der Waals surface area contributed by atoms with Gasteiger partial charge >= 0.3 is 0 Å². The van der Waals surface area contributed by atoms with Crippen molar-refractivity contribution in [3.63, 3.8) is 0 Å². The minimum atomic E-state index is 0.808. The summed E-state index contributed by atoms with van der Waals surface area (Å²) < 4.78 is 4.75. The number of rotatable bonds is 2. The van der Waals surface area contributed by atoms with E-state index in [2.05, 4.69) is 25.9 Å². The van der Waals surface area contributed by atoms with E-state index in [4.69, 9.17) is 4.18 Å². The van der Waals surface area contributed by atoms with Gasteiger partial charge in [-0.15, -0.1) is 0 Å². The maximum Gasteiger partial charge on any atom is 0.137 e. The molecule has 0 radical (unpaired) electrons. The van der Waals surface area contributed by atoms with E-state index in [0.717, 1.165) is 12.2 Å². The molecule has 0 saturated carbocycles. The first kappa shape index (κ1) is 7.48. The highest BCUT2D eigenvalue weighted by atomic mass is 32.1. The zero-order valence-corrected chi connectivity index (χ0v) is 6.77. The molecule has 0 aliphatic carbocycles. The average Bonchev–Trinajstić information content (AvgIpc) is 2.05. The van der Waals surface area contributed by atoms with E-state index in [-0.39, 0.29) is 0 Å². The van der Waals surface area contributed by atoms with Crippen LogP contribution in [-0.2, 0) is 6.42 Å². The number of hydrogen-bond donors (Lipinski definition) is 1. The molecule has 54 valence electrons. The van der Waals surface area contributed by atoms with Crippen molar-refractivity contribution in [2.24, 2.45) is 0 Å². The van der Waals surface area contributed by atoms with Crippen molar-refractivity contribution in [2.75, 3.05) is 0 Å². The molecule has 0 saturated heterocycles. The van der Waals surface area contributed by atoms with Crippen LogP contribution < -0.4 is 4.18 Å². The fourth-order valence-corrected chi connectivity index (χ4v) is 0.936. The van der Waals surface area contributed by atoms with Crippen molar-refractivity contribution >= 4 is 12.9 Å². The number of thiol groups is 1. The van der Waals surface area contributed by atoms with E-state index in [1.807, 2.05) is 18.2 Å². The molecular formula is C8H10OS. The Morgan fingerprint density at radius 1 is 1.50 bits per heavy atom. The first-order valence-corrected chi connectivity index (χ1v) is 3.63. The monoisotopic (exact) mass is 154 g/mol. The SMILES string of the molecule is CCc1cccc(OS)c1. The zero-order valence-electron chi connectivity index (χ0n) is 5.87. The summed E-state index contributed by atoms with van der Waals surface area (Å²) in [5, 5.41) is 0. The third-order valence-electron chi connectivity index (χ3n) is 1.41. The number of benzene rings is 1. The van der Waals surface area contributed by atoms with Gasteiger partial charge in [-0.05, 0) is 24.1 Å². The largest absolute Gasteiger partial charge is 0.429 e. The van der Waals surface area contributed by atoms with Crippen molar-refractivity contribution in [3.8, 4) is 5.75 Å². The summed E-state index contributed by atoms with van der Waals surface area (Å²) >= 11 is 3.70. The third-order valence-corrected chi connectivity index (χ3v) is 1.62. The van der Waals surface area contributed by atoms with Gasteiger partial charge in [-0.2, -0.15) is 0 Å². The molecule has 0 fully saturated rings. The predicted octanol–water partition coefficient (Wildman–Crippen LogP) is 2.47. The Morgan fingerprint density at radius 3 is 2.90 bits per heavy atom. The second kappa shape index (κ2) is 3.52. The quantitative estimate of drug-likeness (QED) is 0.508. The van der Waals surface area contributed by atoms with Crippen molar-refractivity contribution in [1.82, 2.24) is 0 Å². The van der Waals surface area contributed by atoms with E-state index in [1.54, 1.807) is 0 Å². The lowest BCUT2D eigenvalue weighted by Crippen LogP contribution is -1.80. The number of aryl methyl sites for hydroxylation is 1. The summed E-state index contributed by atoms with van der Waals surface area (Å²) in [6, 6.07) is 7.89. The van der Waals surface area contributed by atoms with Gasteiger partial charge in [0, 0.05) is 12.9 Å². The molecule has 10 heavy (non-hydrogen) atoms. The highest BCUT2D eigenvalue weighted by molar-refractivity contribution is 7.75. The lowest BCUT2D eigenvalue weighted by molar-refractivity contribution is 0.657. The minimum absolute atomic E-state index is 0.808. The van der Waals surface area contributed by atoms with E-state index in [9.17, 15) is 0 Å². The molecule has 1 aromatic carbocycles. The Hall–Kier alpha value is -0.630. The Morgan fingerprint density at radius 2 is 2.30 bits per heavy atom. The highest BCUT2D eigenvalue weighted by Crippen LogP contribution is 2.13. The zero-order chi connectivity index (χ0) is 7.40. The van der Waals surface area contributed by atoms with Crippen LogP contribution in [0.15, 0.2) is 24.3 Å². The molecule has 0 atom stereocenters. The van der Waals surface area contributed by atoms with Crippen LogP contribution in [0.2, 0.25) is 0 Å². The summed E-state index contributed by atoms with van der Waals surface area (Å²) in [7, 11) is 0. The Balaban J connectivity index is 2.87. The highest BCUT2D eigenvalue weighted by Gasteiger charge is 1.91. The molecular weight excluding hydrogens is 144 g/mol. The van der Waals surface area contributed by atoms with E-state index >= 15 is 0 Å². The van der Waals surface area contributed by atoms with Crippen LogP contribution in [0.25, 0.3) is 0 Å². The summed E-state index contributed by atoms with van der Waals surface area (Å²) in [6.45, 7) is 2.11. The van der Waals surface area contributed by atoms with Gasteiger partial charge in [0.2, 0.25) is 0 Å². The van der Waals surface area contributed by atoms with Crippen LogP contribution in [-0.4, -0.2) is 0 Å². The summed E-state index contributed by atoms with van der Waals surface area (Å²) in [6.07, 6.45) is 1.03. The molecule has 2 heteroatoms. The summed E-state index contributed by atoms with van der Waals surface area (Å²) in [5.74, 6) is 0.808. The molecule has 0 spiro atoms. The molecule has 0 aliphatic heterocycles. The molecule has 0 amide bonds. The third kappa shape index (κ3) is 1.67. The normalized spacial score (nSPS) is 9.40. The van der Waals surface area contributed by atoms with Crippen LogP contribution in [0.3, 0.4) is 0 Å². The standard InChI is InChI=1S/C8H10OS/c1-2-7-4-3-5-8(6-7)9-10/h3-6,10H,2H2,1H3. The van der Waals surface area contributed by atoms with Crippen LogP contribution in [0.5, 0.6) is 5.75 Å². The average molecular weight is 154 g/mol. The van der Waals surface area contributed by atoms with Crippen LogP contribution in [0, 0.1) is 0 Å². The van der Waals surface area contributed by atoms with E-state index in [0.29, 0.717) is 0 Å². The molecule has 0 aromatic heterocycles.